The molecule has 0 radical (unpaired) electrons. The van der Waals surface area contributed by atoms with Gasteiger partial charge in [-0.3, -0.25) is 4.79 Å². The second-order valence-electron chi connectivity index (χ2n) is 6.57. The third-order valence-electron chi connectivity index (χ3n) is 4.55. The van der Waals surface area contributed by atoms with Gasteiger partial charge in [-0.25, -0.2) is 8.78 Å². The Labute approximate surface area is 137 Å². The topological polar surface area (TPSA) is 75.4 Å². The van der Waals surface area contributed by atoms with E-state index in [-0.39, 0.29) is 17.1 Å². The average Bonchev–Trinajstić information content (AvgIpc) is 3.30. The lowest BCUT2D eigenvalue weighted by Crippen LogP contribution is -2.38. The number of nitrogens with zero attached hydrogens (tertiary/aromatic N) is 1. The van der Waals surface area contributed by atoms with Crippen molar-refractivity contribution in [3.05, 3.63) is 47.2 Å². The van der Waals surface area contributed by atoms with Gasteiger partial charge in [0, 0.05) is 12.6 Å². The summed E-state index contributed by atoms with van der Waals surface area (Å²) in [5.41, 5.74) is 0.0773. The van der Waals surface area contributed by atoms with Crippen molar-refractivity contribution in [1.82, 2.24) is 10.5 Å². The van der Waals surface area contributed by atoms with E-state index in [0.29, 0.717) is 24.4 Å². The molecule has 7 heteroatoms. The van der Waals surface area contributed by atoms with Gasteiger partial charge in [-0.05, 0) is 47.4 Å². The van der Waals surface area contributed by atoms with E-state index >= 15 is 0 Å². The van der Waals surface area contributed by atoms with Gasteiger partial charge >= 0.3 is 0 Å². The average molecular weight is 336 g/mol. The summed E-state index contributed by atoms with van der Waals surface area (Å²) in [5.74, 6) is -1.76. The van der Waals surface area contributed by atoms with Gasteiger partial charge in [0.1, 0.15) is 11.6 Å². The number of amides is 1. The monoisotopic (exact) mass is 336 g/mol. The van der Waals surface area contributed by atoms with E-state index in [4.69, 9.17) is 9.63 Å². The van der Waals surface area contributed by atoms with Gasteiger partial charge in [0.15, 0.2) is 0 Å². The summed E-state index contributed by atoms with van der Waals surface area (Å²) in [6, 6.07) is 4.69. The van der Waals surface area contributed by atoms with Crippen molar-refractivity contribution in [3.8, 4) is 5.88 Å². The van der Waals surface area contributed by atoms with Crippen LogP contribution in [0.2, 0.25) is 0 Å². The summed E-state index contributed by atoms with van der Waals surface area (Å²) in [6.07, 6.45) is 2.42. The molecule has 2 N–H and O–H groups in total. The fourth-order valence-electron chi connectivity index (χ4n) is 2.97. The van der Waals surface area contributed by atoms with Gasteiger partial charge in [-0.1, -0.05) is 13.0 Å². The quantitative estimate of drug-likeness (QED) is 0.850. The number of nitrogens with one attached hydrogen (secondary N) is 1. The van der Waals surface area contributed by atoms with Crippen molar-refractivity contribution < 1.29 is 23.2 Å². The smallest absolute Gasteiger partial charge is 0.290 e. The lowest BCUT2D eigenvalue weighted by Gasteiger charge is -2.30. The molecule has 5 nitrogen and oxygen atoms in total. The molecule has 0 bridgehead atoms. The van der Waals surface area contributed by atoms with Gasteiger partial charge in [0.25, 0.3) is 11.8 Å². The molecule has 128 valence electrons. The van der Waals surface area contributed by atoms with Crippen LogP contribution < -0.4 is 5.32 Å². The highest BCUT2D eigenvalue weighted by atomic mass is 19.1. The molecule has 3 rings (SSSR count). The number of carbonyl (C=O) groups is 1. The molecule has 0 spiro atoms. The lowest BCUT2D eigenvalue weighted by molar-refractivity contribution is 0.0889. The summed E-state index contributed by atoms with van der Waals surface area (Å²) in [4.78, 5) is 12.0. The second-order valence-corrected chi connectivity index (χ2v) is 6.57. The molecule has 1 aliphatic rings. The molecule has 1 aromatic heterocycles. The zero-order valence-electron chi connectivity index (χ0n) is 13.2. The maximum Gasteiger partial charge on any atom is 0.290 e. The highest BCUT2D eigenvalue weighted by molar-refractivity contribution is 5.91. The number of halogens is 2. The summed E-state index contributed by atoms with van der Waals surface area (Å²) >= 11 is 0. The van der Waals surface area contributed by atoms with Crippen LogP contribution in [0, 0.1) is 23.0 Å². The van der Waals surface area contributed by atoms with Crippen LogP contribution in [0.15, 0.2) is 28.8 Å². The first-order valence-electron chi connectivity index (χ1n) is 7.75. The zero-order chi connectivity index (χ0) is 17.3. The molecule has 1 aromatic carbocycles. The fraction of sp³-hybridized carbons (Fsp3) is 0.412. The van der Waals surface area contributed by atoms with Crippen LogP contribution >= 0.6 is 0 Å². The Kier molecular flexibility index (Phi) is 4.26. The maximum absolute atomic E-state index is 14.0. The number of carbonyl (C=O) groups excluding carboxylic acids is 1. The SMILES string of the molecule is C[C@](CNC(=O)c1cc(O)no1)(Cc1ccc(F)cc1F)C1CC1. The van der Waals surface area contributed by atoms with E-state index in [9.17, 15) is 13.6 Å². The molecule has 1 fully saturated rings. The Morgan fingerprint density at radius 1 is 1.42 bits per heavy atom. The van der Waals surface area contributed by atoms with E-state index in [1.54, 1.807) is 0 Å². The highest BCUT2D eigenvalue weighted by Gasteiger charge is 2.42. The van der Waals surface area contributed by atoms with Gasteiger partial charge < -0.3 is 14.9 Å². The molecule has 1 heterocycles. The van der Waals surface area contributed by atoms with E-state index in [2.05, 4.69) is 10.5 Å². The van der Waals surface area contributed by atoms with E-state index in [1.807, 2.05) is 6.92 Å². The minimum Gasteiger partial charge on any atom is -0.491 e. The minimum atomic E-state index is -0.609. The molecule has 1 amide bonds. The van der Waals surface area contributed by atoms with E-state index in [0.717, 1.165) is 25.0 Å². The number of aromatic nitrogens is 1. The Balaban J connectivity index is 1.70. The molecule has 0 unspecified atom stereocenters. The van der Waals surface area contributed by atoms with Crippen molar-refractivity contribution in [2.45, 2.75) is 26.2 Å². The number of hydrogen-bond donors (Lipinski definition) is 2. The van der Waals surface area contributed by atoms with E-state index < -0.39 is 17.5 Å². The van der Waals surface area contributed by atoms with Crippen molar-refractivity contribution in [1.29, 1.82) is 0 Å². The summed E-state index contributed by atoms with van der Waals surface area (Å²) < 4.78 is 31.7. The van der Waals surface area contributed by atoms with Crippen molar-refractivity contribution in [3.63, 3.8) is 0 Å². The predicted octanol–water partition coefficient (Wildman–Crippen LogP) is 3.05. The first kappa shape index (κ1) is 16.4. The predicted molar refractivity (Wildman–Crippen MR) is 81.4 cm³/mol. The van der Waals surface area contributed by atoms with Crippen molar-refractivity contribution in [2.24, 2.45) is 11.3 Å². The second kappa shape index (κ2) is 6.22. The third-order valence-corrected chi connectivity index (χ3v) is 4.55. The number of rotatable bonds is 6. The lowest BCUT2D eigenvalue weighted by atomic mass is 9.78. The largest absolute Gasteiger partial charge is 0.491 e. The van der Waals surface area contributed by atoms with Gasteiger partial charge in [0.05, 0.1) is 6.07 Å². The molecule has 1 saturated carbocycles. The molecule has 0 aliphatic heterocycles. The van der Waals surface area contributed by atoms with E-state index in [1.165, 1.54) is 12.1 Å². The van der Waals surface area contributed by atoms with Crippen LogP contribution in [0.3, 0.4) is 0 Å². The first-order chi connectivity index (χ1) is 11.4. The van der Waals surface area contributed by atoms with Crippen LogP contribution in [-0.2, 0) is 6.42 Å². The molecule has 2 aromatic rings. The van der Waals surface area contributed by atoms with Crippen molar-refractivity contribution >= 4 is 5.91 Å². The number of benzene rings is 1. The van der Waals surface area contributed by atoms with Crippen LogP contribution in [0.25, 0.3) is 0 Å². The van der Waals surface area contributed by atoms with Crippen LogP contribution in [0.1, 0.15) is 35.9 Å². The van der Waals surface area contributed by atoms with Crippen LogP contribution in [0.4, 0.5) is 8.78 Å². The Morgan fingerprint density at radius 2 is 2.17 bits per heavy atom. The Bertz CT molecular complexity index is 758. The number of hydrogen-bond acceptors (Lipinski definition) is 4. The summed E-state index contributed by atoms with van der Waals surface area (Å²) in [7, 11) is 0. The fourth-order valence-corrected chi connectivity index (χ4v) is 2.97. The Morgan fingerprint density at radius 3 is 2.75 bits per heavy atom. The van der Waals surface area contributed by atoms with Crippen LogP contribution in [0.5, 0.6) is 5.88 Å². The standard InChI is InChI=1S/C17H18F2N2O3/c1-17(11-3-4-11,8-10-2-5-12(18)6-13(10)19)9-20-16(23)14-7-15(22)21-24-14/h2,5-7,11H,3-4,8-9H2,1H3,(H,20,23)(H,21,22)/t17-/m1/s1. The third kappa shape index (κ3) is 3.55. The summed E-state index contributed by atoms with van der Waals surface area (Å²) in [6.45, 7) is 2.29. The minimum absolute atomic E-state index is 0.0846. The normalized spacial score (nSPS) is 16.6. The number of aromatic hydroxyl groups is 1. The van der Waals surface area contributed by atoms with Crippen molar-refractivity contribution in [2.75, 3.05) is 6.54 Å². The van der Waals surface area contributed by atoms with Gasteiger partial charge in [-0.15, -0.1) is 0 Å². The van der Waals surface area contributed by atoms with Crippen LogP contribution in [-0.4, -0.2) is 22.7 Å². The Hall–Kier alpha value is -2.44. The zero-order valence-corrected chi connectivity index (χ0v) is 13.2. The highest BCUT2D eigenvalue weighted by Crippen LogP contribution is 2.47. The first-order valence-corrected chi connectivity index (χ1v) is 7.75. The molecular weight excluding hydrogens is 318 g/mol. The van der Waals surface area contributed by atoms with Gasteiger partial charge in [0.2, 0.25) is 5.76 Å². The molecular formula is C17H18F2N2O3. The molecule has 1 aliphatic carbocycles. The van der Waals surface area contributed by atoms with Gasteiger partial charge in [-0.2, -0.15) is 0 Å². The maximum atomic E-state index is 14.0. The molecule has 0 saturated heterocycles. The summed E-state index contributed by atoms with van der Waals surface area (Å²) in [5, 5.41) is 15.1. The molecule has 1 atom stereocenters. The molecule has 24 heavy (non-hydrogen) atoms.